The van der Waals surface area contributed by atoms with E-state index in [4.69, 9.17) is 10.7 Å². The number of aldehydes is 1. The lowest BCUT2D eigenvalue weighted by Crippen LogP contribution is -2.47. The number of aromatic nitrogens is 2. The number of fused-ring (bicyclic) bond motifs is 2. The van der Waals surface area contributed by atoms with Crippen molar-refractivity contribution in [3.8, 4) is 0 Å². The molecule has 6 rings (SSSR count). The smallest absolute Gasteiger partial charge is 0.262 e. The van der Waals surface area contributed by atoms with Crippen molar-refractivity contribution in [2.45, 2.75) is 50.5 Å². The molecule has 2 aromatic carbocycles. The summed E-state index contributed by atoms with van der Waals surface area (Å²) in [6.45, 7) is 6.36. The van der Waals surface area contributed by atoms with Crippen molar-refractivity contribution in [1.29, 1.82) is 0 Å². The van der Waals surface area contributed by atoms with E-state index in [2.05, 4.69) is 48.8 Å². The van der Waals surface area contributed by atoms with Gasteiger partial charge in [-0.1, -0.05) is 12.8 Å². The van der Waals surface area contributed by atoms with E-state index in [9.17, 15) is 19.2 Å². The molecule has 0 spiro atoms. The molecule has 47 heavy (non-hydrogen) atoms. The van der Waals surface area contributed by atoms with E-state index >= 15 is 0 Å². The molecule has 2 unspecified atom stereocenters. The maximum absolute atomic E-state index is 13.0. The highest BCUT2D eigenvalue weighted by Gasteiger charge is 2.42. The fraction of sp³-hybridized carbons (Fsp3) is 0.441. The topological polar surface area (TPSA) is 166 Å². The molecule has 4 N–H and O–H groups in total. The van der Waals surface area contributed by atoms with Crippen LogP contribution in [0.15, 0.2) is 47.7 Å². The van der Waals surface area contributed by atoms with Gasteiger partial charge in [-0.3, -0.25) is 29.3 Å². The average molecular weight is 640 g/mol. The van der Waals surface area contributed by atoms with Crippen LogP contribution in [0.1, 0.15) is 70.9 Å². The number of carbonyl (C=O) groups is 4. The summed E-state index contributed by atoms with van der Waals surface area (Å²) in [5.74, 6) is -1.82. The van der Waals surface area contributed by atoms with Gasteiger partial charge in [-0.2, -0.15) is 5.10 Å². The minimum Gasteiger partial charge on any atom is -0.385 e. The minimum absolute atomic E-state index is 0.0114. The first-order valence-electron chi connectivity index (χ1n) is 16.4. The van der Waals surface area contributed by atoms with Crippen LogP contribution in [0.3, 0.4) is 0 Å². The summed E-state index contributed by atoms with van der Waals surface area (Å²) >= 11 is 0. The Balaban J connectivity index is 0.917. The zero-order valence-corrected chi connectivity index (χ0v) is 26.4. The first kappa shape index (κ1) is 32.0. The summed E-state index contributed by atoms with van der Waals surface area (Å²) in [6.07, 6.45) is 8.59. The Morgan fingerprint density at radius 3 is 2.64 bits per heavy atom. The molecule has 1 aromatic heterocycles. The molecule has 3 amide bonds. The highest BCUT2D eigenvalue weighted by molar-refractivity contribution is 6.23. The number of nitrogens with one attached hydrogen (secondary N) is 2. The Hall–Kier alpha value is -4.91. The van der Waals surface area contributed by atoms with Crippen LogP contribution in [0.5, 0.6) is 0 Å². The highest BCUT2D eigenvalue weighted by Crippen LogP contribution is 2.29. The summed E-state index contributed by atoms with van der Waals surface area (Å²) in [5, 5.41) is 13.5. The van der Waals surface area contributed by atoms with Crippen molar-refractivity contribution in [2.24, 2.45) is 10.8 Å². The van der Waals surface area contributed by atoms with Gasteiger partial charge in [0.15, 0.2) is 0 Å². The van der Waals surface area contributed by atoms with Crippen LogP contribution in [0, 0.1) is 0 Å². The molecule has 0 saturated carbocycles. The zero-order chi connectivity index (χ0) is 32.8. The summed E-state index contributed by atoms with van der Waals surface area (Å²) in [4.78, 5) is 61.5. The summed E-state index contributed by atoms with van der Waals surface area (Å²) < 4.78 is 0. The second-order valence-corrected chi connectivity index (χ2v) is 12.2. The SMILES string of the molecule is NC(=O)C(CCC=O)N1C(=O)c2ccc(NCCCCCCN3CC(c4cnc5ccc(N6CCNCC6)cc5n4)C=N3)cc2C1=O. The fourth-order valence-corrected chi connectivity index (χ4v) is 6.41. The molecule has 4 heterocycles. The van der Waals surface area contributed by atoms with Crippen LogP contribution in [-0.4, -0.2) is 102 Å². The summed E-state index contributed by atoms with van der Waals surface area (Å²) in [6, 6.07) is 10.2. The molecule has 2 atom stereocenters. The summed E-state index contributed by atoms with van der Waals surface area (Å²) in [7, 11) is 0. The van der Waals surface area contributed by atoms with Gasteiger partial charge in [-0.15, -0.1) is 0 Å². The van der Waals surface area contributed by atoms with Gasteiger partial charge in [0.25, 0.3) is 11.8 Å². The van der Waals surface area contributed by atoms with Gasteiger partial charge in [0.2, 0.25) is 5.91 Å². The highest BCUT2D eigenvalue weighted by atomic mass is 16.2. The number of unbranched alkanes of at least 4 members (excludes halogenated alkanes) is 3. The van der Waals surface area contributed by atoms with Crippen molar-refractivity contribution in [1.82, 2.24) is 25.2 Å². The molecular formula is C34H41N9O4. The first-order valence-corrected chi connectivity index (χ1v) is 16.4. The lowest BCUT2D eigenvalue weighted by molar-refractivity contribution is -0.122. The van der Waals surface area contributed by atoms with E-state index in [1.54, 1.807) is 18.2 Å². The minimum atomic E-state index is -1.15. The molecule has 0 radical (unpaired) electrons. The average Bonchev–Trinajstić information content (AvgIpc) is 3.66. The molecule has 1 fully saturated rings. The van der Waals surface area contributed by atoms with E-state index < -0.39 is 23.8 Å². The predicted octanol–water partition coefficient (Wildman–Crippen LogP) is 2.53. The van der Waals surface area contributed by atoms with Gasteiger partial charge in [0, 0.05) is 76.0 Å². The molecule has 0 bridgehead atoms. The number of benzene rings is 2. The lowest BCUT2D eigenvalue weighted by Gasteiger charge is -2.29. The standard InChI is InChI=1S/C34H41N9O4/c35-32(45)31(6-5-17-44)43-33(46)26-9-7-24(18-27(26)34(43)47)37-11-3-1-2-4-14-42-22-23(20-39-42)30-21-38-28-10-8-25(19-29(28)40-30)41-15-12-36-13-16-41/h7-10,17-21,23,31,36-37H,1-6,11-16,22H2,(H2,35,45). The Labute approximate surface area is 273 Å². The molecule has 3 aromatic rings. The molecule has 0 aliphatic carbocycles. The third kappa shape index (κ3) is 7.25. The number of hydrogen-bond donors (Lipinski definition) is 3. The zero-order valence-electron chi connectivity index (χ0n) is 26.4. The van der Waals surface area contributed by atoms with Crippen molar-refractivity contribution < 1.29 is 19.2 Å². The molecule has 246 valence electrons. The quantitative estimate of drug-likeness (QED) is 0.128. The van der Waals surface area contributed by atoms with E-state index in [0.717, 1.165) is 98.8 Å². The number of nitrogens with zero attached hydrogens (tertiary/aromatic N) is 6. The Kier molecular flexibility index (Phi) is 10.0. The Morgan fingerprint density at radius 1 is 1.02 bits per heavy atom. The molecule has 3 aliphatic rings. The molecule has 13 heteroatoms. The van der Waals surface area contributed by atoms with Crippen molar-refractivity contribution in [3.05, 3.63) is 59.4 Å². The van der Waals surface area contributed by atoms with E-state index in [0.29, 0.717) is 6.29 Å². The Morgan fingerprint density at radius 2 is 1.83 bits per heavy atom. The number of amides is 3. The number of primary amides is 1. The molecule has 1 saturated heterocycles. The van der Waals surface area contributed by atoms with Gasteiger partial charge >= 0.3 is 0 Å². The normalized spacial score (nSPS) is 18.2. The van der Waals surface area contributed by atoms with Crippen molar-refractivity contribution in [2.75, 3.05) is 56.0 Å². The monoisotopic (exact) mass is 639 g/mol. The van der Waals surface area contributed by atoms with Gasteiger partial charge in [-0.05, 0) is 55.7 Å². The molecule has 13 nitrogen and oxygen atoms in total. The number of piperazine rings is 1. The van der Waals surface area contributed by atoms with E-state index in [1.165, 1.54) is 5.69 Å². The summed E-state index contributed by atoms with van der Waals surface area (Å²) in [5.41, 5.74) is 10.6. The molecule has 3 aliphatic heterocycles. The number of hydrazone groups is 1. The van der Waals surface area contributed by atoms with Crippen LogP contribution in [0.2, 0.25) is 0 Å². The van der Waals surface area contributed by atoms with Gasteiger partial charge in [-0.25, -0.2) is 4.98 Å². The lowest BCUT2D eigenvalue weighted by atomic mass is 10.1. The first-order chi connectivity index (χ1) is 22.9. The maximum Gasteiger partial charge on any atom is 0.262 e. The Bertz CT molecular complexity index is 1670. The number of imide groups is 1. The van der Waals surface area contributed by atoms with Crippen molar-refractivity contribution in [3.63, 3.8) is 0 Å². The number of anilines is 2. The number of nitrogens with two attached hydrogens (primary N) is 1. The van der Waals surface area contributed by atoms with Gasteiger partial charge in [0.1, 0.15) is 12.3 Å². The second kappa shape index (κ2) is 14.7. The number of rotatable bonds is 15. The maximum atomic E-state index is 13.0. The van der Waals surface area contributed by atoms with Crippen LogP contribution >= 0.6 is 0 Å². The van der Waals surface area contributed by atoms with E-state index in [-0.39, 0.29) is 29.9 Å². The second-order valence-electron chi connectivity index (χ2n) is 12.2. The predicted molar refractivity (Wildman–Crippen MR) is 180 cm³/mol. The van der Waals surface area contributed by atoms with Gasteiger partial charge < -0.3 is 26.1 Å². The van der Waals surface area contributed by atoms with E-state index in [1.807, 2.05) is 12.4 Å². The van der Waals surface area contributed by atoms with Crippen LogP contribution in [0.25, 0.3) is 11.0 Å². The molecular weight excluding hydrogens is 598 g/mol. The third-order valence-electron chi connectivity index (χ3n) is 9.01. The number of carbonyl (C=O) groups excluding carboxylic acids is 4. The van der Waals surface area contributed by atoms with Crippen LogP contribution < -0.4 is 21.3 Å². The fourth-order valence-electron chi connectivity index (χ4n) is 6.41. The van der Waals surface area contributed by atoms with Gasteiger partial charge in [0.05, 0.1) is 33.8 Å². The van der Waals surface area contributed by atoms with Crippen LogP contribution in [-0.2, 0) is 9.59 Å². The van der Waals surface area contributed by atoms with Crippen LogP contribution in [0.4, 0.5) is 11.4 Å². The third-order valence-corrected chi connectivity index (χ3v) is 9.01. The number of hydrogen-bond acceptors (Lipinski definition) is 11. The largest absolute Gasteiger partial charge is 0.385 e. The van der Waals surface area contributed by atoms with Crippen molar-refractivity contribution >= 4 is 52.6 Å².